The summed E-state index contributed by atoms with van der Waals surface area (Å²) in [6.45, 7) is 5.47. The van der Waals surface area contributed by atoms with Crippen LogP contribution in [0.3, 0.4) is 0 Å². The van der Waals surface area contributed by atoms with E-state index in [1.165, 1.54) is 70.6 Å². The Morgan fingerprint density at radius 3 is 1.74 bits per heavy atom. The highest BCUT2D eigenvalue weighted by Gasteiger charge is 2.41. The summed E-state index contributed by atoms with van der Waals surface area (Å²) in [5, 5.41) is 0. The minimum Gasteiger partial charge on any atom is -0.466 e. The molecule has 0 spiro atoms. The van der Waals surface area contributed by atoms with Gasteiger partial charge in [-0.3, -0.25) is 19.2 Å². The topological polar surface area (TPSA) is 84.0 Å². The van der Waals surface area contributed by atoms with Crippen LogP contribution in [-0.2, 0) is 23.9 Å². The Balaban J connectivity index is 1.64. The van der Waals surface area contributed by atoms with Gasteiger partial charge in [-0.1, -0.05) is 84.0 Å². The van der Waals surface area contributed by atoms with Gasteiger partial charge in [-0.05, 0) is 39.0 Å². The molecule has 2 amide bonds. The predicted molar refractivity (Wildman–Crippen MR) is 151 cm³/mol. The van der Waals surface area contributed by atoms with E-state index in [-0.39, 0.29) is 36.4 Å². The van der Waals surface area contributed by atoms with E-state index in [0.717, 1.165) is 25.7 Å². The maximum atomic E-state index is 13.4. The highest BCUT2D eigenvalue weighted by molar-refractivity contribution is 5.94. The Hall–Kier alpha value is -1.92. The third kappa shape index (κ3) is 11.4. The fourth-order valence-electron chi connectivity index (χ4n) is 5.94. The van der Waals surface area contributed by atoms with Gasteiger partial charge in [-0.2, -0.15) is 0 Å². The van der Waals surface area contributed by atoms with Gasteiger partial charge >= 0.3 is 5.97 Å². The summed E-state index contributed by atoms with van der Waals surface area (Å²) in [5.41, 5.74) is 0. The first kappa shape index (κ1) is 32.3. The number of carbonyl (C=O) groups is 4. The molecule has 0 saturated carbocycles. The van der Waals surface area contributed by atoms with Gasteiger partial charge in [0.2, 0.25) is 11.8 Å². The van der Waals surface area contributed by atoms with Crippen LogP contribution in [0.15, 0.2) is 0 Å². The Kier molecular flexibility index (Phi) is 16.3. The van der Waals surface area contributed by atoms with Crippen molar-refractivity contribution in [2.45, 2.75) is 154 Å². The molecule has 0 unspecified atom stereocenters. The normalized spacial score (nSPS) is 19.2. The van der Waals surface area contributed by atoms with Crippen molar-refractivity contribution in [3.63, 3.8) is 0 Å². The summed E-state index contributed by atoms with van der Waals surface area (Å²) >= 11 is 0. The number of amides is 2. The summed E-state index contributed by atoms with van der Waals surface area (Å²) in [5.74, 6) is -0.467. The molecule has 0 aliphatic carbocycles. The SMILES string of the molecule is CCCCCCCCCCCCCCCC(=O)N1CCC[C@H]1C(=O)N1CCC[C@H]1C(=O)CCC(=O)OCC. The maximum Gasteiger partial charge on any atom is 0.306 e. The molecule has 0 aromatic rings. The quantitative estimate of drug-likeness (QED) is 0.134. The Morgan fingerprint density at radius 1 is 0.632 bits per heavy atom. The summed E-state index contributed by atoms with van der Waals surface area (Å²) in [4.78, 5) is 54.2. The first-order valence-corrected chi connectivity index (χ1v) is 15.8. The van der Waals surface area contributed by atoms with Gasteiger partial charge in [0.15, 0.2) is 5.78 Å². The minimum atomic E-state index is -0.476. The lowest BCUT2D eigenvalue weighted by Crippen LogP contribution is -2.51. The van der Waals surface area contributed by atoms with E-state index >= 15 is 0 Å². The van der Waals surface area contributed by atoms with Crippen molar-refractivity contribution in [3.05, 3.63) is 0 Å². The van der Waals surface area contributed by atoms with Crippen LogP contribution in [0.2, 0.25) is 0 Å². The highest BCUT2D eigenvalue weighted by atomic mass is 16.5. The van der Waals surface area contributed by atoms with Crippen molar-refractivity contribution in [2.24, 2.45) is 0 Å². The van der Waals surface area contributed by atoms with Crippen LogP contribution in [0.25, 0.3) is 0 Å². The predicted octanol–water partition coefficient (Wildman–Crippen LogP) is 6.36. The lowest BCUT2D eigenvalue weighted by molar-refractivity contribution is -0.147. The lowest BCUT2D eigenvalue weighted by Gasteiger charge is -2.31. The molecule has 218 valence electrons. The van der Waals surface area contributed by atoms with Gasteiger partial charge in [0.05, 0.1) is 19.1 Å². The van der Waals surface area contributed by atoms with Gasteiger partial charge in [0.1, 0.15) is 6.04 Å². The number of unbranched alkanes of at least 4 members (excludes halogenated alkanes) is 12. The Labute approximate surface area is 231 Å². The van der Waals surface area contributed by atoms with Crippen molar-refractivity contribution in [3.8, 4) is 0 Å². The molecule has 7 heteroatoms. The van der Waals surface area contributed by atoms with Gasteiger partial charge in [0, 0.05) is 25.9 Å². The number of rotatable bonds is 20. The molecular weight excluding hydrogens is 480 g/mol. The van der Waals surface area contributed by atoms with Gasteiger partial charge in [-0.25, -0.2) is 0 Å². The standard InChI is InChI=1S/C31H54N2O5/c1-3-5-6-7-8-9-10-11-12-13-14-15-16-21-29(35)32-24-18-20-27(32)31(37)33-25-17-19-26(33)28(34)22-23-30(36)38-4-2/h26-27H,3-25H2,1-2H3/t26-,27-/m0/s1. The molecule has 0 aromatic heterocycles. The molecule has 0 bridgehead atoms. The third-order valence-corrected chi connectivity index (χ3v) is 8.14. The van der Waals surface area contributed by atoms with Crippen LogP contribution < -0.4 is 0 Å². The summed E-state index contributed by atoms with van der Waals surface area (Å²) in [7, 11) is 0. The average Bonchev–Trinajstić information content (AvgIpc) is 3.60. The van der Waals surface area contributed by atoms with Gasteiger partial charge < -0.3 is 14.5 Å². The Bertz CT molecular complexity index is 725. The van der Waals surface area contributed by atoms with Crippen LogP contribution in [0.5, 0.6) is 0 Å². The lowest BCUT2D eigenvalue weighted by atomic mass is 10.0. The molecule has 2 saturated heterocycles. The molecule has 0 N–H and O–H groups in total. The van der Waals surface area contributed by atoms with E-state index in [0.29, 0.717) is 39.0 Å². The summed E-state index contributed by atoms with van der Waals surface area (Å²) in [6, 6.07) is -0.918. The summed E-state index contributed by atoms with van der Waals surface area (Å²) < 4.78 is 4.92. The van der Waals surface area contributed by atoms with E-state index < -0.39 is 12.1 Å². The van der Waals surface area contributed by atoms with Crippen LogP contribution in [0.4, 0.5) is 0 Å². The zero-order valence-corrected chi connectivity index (χ0v) is 24.4. The molecule has 38 heavy (non-hydrogen) atoms. The number of ketones is 1. The number of esters is 1. The van der Waals surface area contributed by atoms with Crippen LogP contribution in [0, 0.1) is 0 Å². The maximum absolute atomic E-state index is 13.4. The van der Waals surface area contributed by atoms with Crippen LogP contribution >= 0.6 is 0 Å². The Morgan fingerprint density at radius 2 is 1.16 bits per heavy atom. The first-order valence-electron chi connectivity index (χ1n) is 15.8. The molecular formula is C31H54N2O5. The second kappa shape index (κ2) is 19.2. The molecule has 7 nitrogen and oxygen atoms in total. The summed E-state index contributed by atoms with van der Waals surface area (Å²) in [6.07, 6.45) is 20.1. The molecule has 0 aromatic carbocycles. The fourth-order valence-corrected chi connectivity index (χ4v) is 5.94. The monoisotopic (exact) mass is 534 g/mol. The van der Waals surface area contributed by atoms with Gasteiger partial charge in [-0.15, -0.1) is 0 Å². The molecule has 2 atom stereocenters. The van der Waals surface area contributed by atoms with Crippen molar-refractivity contribution in [1.82, 2.24) is 9.80 Å². The average molecular weight is 535 g/mol. The van der Waals surface area contributed by atoms with E-state index in [2.05, 4.69) is 6.92 Å². The second-order valence-corrected chi connectivity index (χ2v) is 11.2. The number of likely N-dealkylation sites (tertiary alicyclic amines) is 2. The van der Waals surface area contributed by atoms with Gasteiger partial charge in [0.25, 0.3) is 0 Å². The number of hydrogen-bond donors (Lipinski definition) is 0. The zero-order chi connectivity index (χ0) is 27.6. The molecule has 2 heterocycles. The molecule has 2 aliphatic heterocycles. The van der Waals surface area contributed by atoms with Crippen molar-refractivity contribution < 1.29 is 23.9 Å². The molecule has 2 aliphatic rings. The fraction of sp³-hybridized carbons (Fsp3) is 0.871. The molecule has 0 radical (unpaired) electrons. The second-order valence-electron chi connectivity index (χ2n) is 11.2. The number of ether oxygens (including phenoxy) is 1. The zero-order valence-electron chi connectivity index (χ0n) is 24.4. The number of nitrogens with zero attached hydrogens (tertiary/aromatic N) is 2. The number of hydrogen-bond acceptors (Lipinski definition) is 5. The first-order chi connectivity index (χ1) is 18.5. The van der Waals surface area contributed by atoms with Crippen LogP contribution in [0.1, 0.15) is 142 Å². The number of carbonyl (C=O) groups excluding carboxylic acids is 4. The van der Waals surface area contributed by atoms with Crippen LogP contribution in [-0.4, -0.2) is 65.1 Å². The van der Waals surface area contributed by atoms with E-state index in [9.17, 15) is 19.2 Å². The smallest absolute Gasteiger partial charge is 0.306 e. The molecule has 2 fully saturated rings. The van der Waals surface area contributed by atoms with E-state index in [1.807, 2.05) is 0 Å². The minimum absolute atomic E-state index is 0.0539. The van der Waals surface area contributed by atoms with E-state index in [4.69, 9.17) is 4.74 Å². The largest absolute Gasteiger partial charge is 0.466 e. The van der Waals surface area contributed by atoms with E-state index in [1.54, 1.807) is 16.7 Å². The van der Waals surface area contributed by atoms with Crippen molar-refractivity contribution in [2.75, 3.05) is 19.7 Å². The number of Topliss-reactive ketones (excluding diaryl/α,β-unsaturated/α-hetero) is 1. The highest BCUT2D eigenvalue weighted by Crippen LogP contribution is 2.27. The van der Waals surface area contributed by atoms with Crippen molar-refractivity contribution in [1.29, 1.82) is 0 Å². The van der Waals surface area contributed by atoms with Crippen molar-refractivity contribution >= 4 is 23.6 Å². The third-order valence-electron chi connectivity index (χ3n) is 8.14. The molecule has 2 rings (SSSR count).